The Morgan fingerprint density at radius 1 is 1.12 bits per heavy atom. The van der Waals surface area contributed by atoms with Gasteiger partial charge in [-0.1, -0.05) is 43.2 Å². The van der Waals surface area contributed by atoms with Gasteiger partial charge in [0.1, 0.15) is 6.23 Å². The molecule has 0 unspecified atom stereocenters. The molecule has 17 heavy (non-hydrogen) atoms. The van der Waals surface area contributed by atoms with E-state index >= 15 is 0 Å². The molecule has 2 heteroatoms. The molecule has 1 aliphatic carbocycles. The fraction of sp³-hybridized carbons (Fsp3) is 0.600. The van der Waals surface area contributed by atoms with Crippen LogP contribution in [0.25, 0.3) is 0 Å². The molecule has 0 bridgehead atoms. The number of fused-ring (bicyclic) bond motifs is 1. The summed E-state index contributed by atoms with van der Waals surface area (Å²) in [6, 6.07) is 11.2. The van der Waals surface area contributed by atoms with E-state index in [1.807, 2.05) is 6.07 Å². The highest BCUT2D eigenvalue weighted by molar-refractivity contribution is 5.13. The maximum atomic E-state index is 5.97. The fourth-order valence-corrected chi connectivity index (χ4v) is 3.18. The van der Waals surface area contributed by atoms with Crippen LogP contribution in [0.5, 0.6) is 0 Å². The van der Waals surface area contributed by atoms with Crippen molar-refractivity contribution in [2.24, 2.45) is 5.92 Å². The van der Waals surface area contributed by atoms with Crippen LogP contribution < -0.4 is 5.32 Å². The molecule has 2 aliphatic rings. The molecule has 92 valence electrons. The zero-order valence-corrected chi connectivity index (χ0v) is 10.3. The maximum Gasteiger partial charge on any atom is 0.109 e. The van der Waals surface area contributed by atoms with Crippen LogP contribution in [0.4, 0.5) is 0 Å². The number of benzene rings is 1. The van der Waals surface area contributed by atoms with Crippen LogP contribution in [0.15, 0.2) is 30.3 Å². The van der Waals surface area contributed by atoms with Gasteiger partial charge in [-0.25, -0.2) is 0 Å². The van der Waals surface area contributed by atoms with Gasteiger partial charge in [0, 0.05) is 6.04 Å². The first kappa shape index (κ1) is 11.2. The lowest BCUT2D eigenvalue weighted by molar-refractivity contribution is 0.0268. The highest BCUT2D eigenvalue weighted by Crippen LogP contribution is 2.33. The first-order valence-electron chi connectivity index (χ1n) is 6.83. The molecule has 2 fully saturated rings. The Bertz CT molecular complexity index is 337. The number of ether oxygens (including phenoxy) is 1. The number of hydrogen-bond acceptors (Lipinski definition) is 2. The van der Waals surface area contributed by atoms with Gasteiger partial charge in [0.25, 0.3) is 0 Å². The zero-order valence-electron chi connectivity index (χ0n) is 10.3. The first-order chi connectivity index (χ1) is 8.42. The van der Waals surface area contributed by atoms with Crippen LogP contribution in [0.2, 0.25) is 0 Å². The molecular formula is C15H21NO. The minimum atomic E-state index is 0.281. The SMILES string of the molecule is c1ccc(CO[C@H]2C[C@H]3CCCC[C@H]3N2)cc1. The van der Waals surface area contributed by atoms with Crippen LogP contribution in [0.1, 0.15) is 37.7 Å². The van der Waals surface area contributed by atoms with Gasteiger partial charge in [-0.15, -0.1) is 0 Å². The van der Waals surface area contributed by atoms with E-state index in [1.54, 1.807) is 0 Å². The van der Waals surface area contributed by atoms with E-state index in [2.05, 4.69) is 29.6 Å². The van der Waals surface area contributed by atoms with Gasteiger partial charge in [-0.2, -0.15) is 0 Å². The Kier molecular flexibility index (Phi) is 3.44. The normalized spacial score (nSPS) is 32.4. The minimum Gasteiger partial charge on any atom is -0.359 e. The molecule has 1 N–H and O–H groups in total. The Hall–Kier alpha value is -0.860. The summed E-state index contributed by atoms with van der Waals surface area (Å²) in [7, 11) is 0. The maximum absolute atomic E-state index is 5.97. The summed E-state index contributed by atoms with van der Waals surface area (Å²) in [5.74, 6) is 0.865. The summed E-state index contributed by atoms with van der Waals surface area (Å²) < 4.78 is 5.97. The van der Waals surface area contributed by atoms with Crippen molar-refractivity contribution in [3.8, 4) is 0 Å². The molecule has 0 amide bonds. The van der Waals surface area contributed by atoms with Crippen molar-refractivity contribution in [2.45, 2.75) is 51.0 Å². The van der Waals surface area contributed by atoms with Gasteiger partial charge >= 0.3 is 0 Å². The van der Waals surface area contributed by atoms with Gasteiger partial charge in [-0.05, 0) is 30.7 Å². The Morgan fingerprint density at radius 2 is 1.94 bits per heavy atom. The molecule has 1 saturated carbocycles. The Labute approximate surface area is 103 Å². The summed E-state index contributed by atoms with van der Waals surface area (Å²) in [6.45, 7) is 0.734. The van der Waals surface area contributed by atoms with Gasteiger partial charge in [0.2, 0.25) is 0 Å². The van der Waals surface area contributed by atoms with Crippen molar-refractivity contribution in [3.05, 3.63) is 35.9 Å². The molecule has 3 rings (SSSR count). The quantitative estimate of drug-likeness (QED) is 0.863. The number of hydrogen-bond donors (Lipinski definition) is 1. The van der Waals surface area contributed by atoms with Crippen LogP contribution in [-0.4, -0.2) is 12.3 Å². The van der Waals surface area contributed by atoms with E-state index in [0.717, 1.165) is 18.6 Å². The lowest BCUT2D eigenvalue weighted by Gasteiger charge is -2.23. The lowest BCUT2D eigenvalue weighted by Crippen LogP contribution is -2.34. The van der Waals surface area contributed by atoms with Gasteiger partial charge in [0.15, 0.2) is 0 Å². The van der Waals surface area contributed by atoms with Crippen molar-refractivity contribution in [2.75, 3.05) is 0 Å². The molecule has 1 aliphatic heterocycles. The second-order valence-electron chi connectivity index (χ2n) is 5.34. The Balaban J connectivity index is 1.50. The van der Waals surface area contributed by atoms with Crippen molar-refractivity contribution in [1.29, 1.82) is 0 Å². The van der Waals surface area contributed by atoms with E-state index in [-0.39, 0.29) is 6.23 Å². The number of nitrogens with one attached hydrogen (secondary N) is 1. The van der Waals surface area contributed by atoms with E-state index in [0.29, 0.717) is 0 Å². The molecular weight excluding hydrogens is 210 g/mol. The van der Waals surface area contributed by atoms with Gasteiger partial charge in [-0.3, -0.25) is 5.32 Å². The monoisotopic (exact) mass is 231 g/mol. The second-order valence-corrected chi connectivity index (χ2v) is 5.34. The molecule has 0 radical (unpaired) electrons. The molecule has 1 saturated heterocycles. The van der Waals surface area contributed by atoms with Crippen molar-refractivity contribution in [3.63, 3.8) is 0 Å². The molecule has 2 nitrogen and oxygen atoms in total. The van der Waals surface area contributed by atoms with Crippen LogP contribution in [0.3, 0.4) is 0 Å². The third kappa shape index (κ3) is 2.70. The molecule has 1 aromatic carbocycles. The largest absolute Gasteiger partial charge is 0.359 e. The predicted molar refractivity (Wildman–Crippen MR) is 68.5 cm³/mol. The highest BCUT2D eigenvalue weighted by atomic mass is 16.5. The number of rotatable bonds is 3. The molecule has 0 spiro atoms. The predicted octanol–water partition coefficient (Wildman–Crippen LogP) is 3.08. The van der Waals surface area contributed by atoms with Crippen molar-refractivity contribution in [1.82, 2.24) is 5.32 Å². The standard InChI is InChI=1S/C15H21NO/c1-2-6-12(7-3-1)11-17-15-10-13-8-4-5-9-14(13)16-15/h1-3,6-7,13-16H,4-5,8-11H2/t13-,14-,15+/m1/s1. The van der Waals surface area contributed by atoms with Crippen LogP contribution in [0, 0.1) is 5.92 Å². The summed E-state index contributed by atoms with van der Waals surface area (Å²) >= 11 is 0. The van der Waals surface area contributed by atoms with Crippen LogP contribution >= 0.6 is 0 Å². The topological polar surface area (TPSA) is 21.3 Å². The third-order valence-electron chi connectivity index (χ3n) is 4.12. The summed E-state index contributed by atoms with van der Waals surface area (Å²) in [5.41, 5.74) is 1.27. The smallest absolute Gasteiger partial charge is 0.109 e. The van der Waals surface area contributed by atoms with E-state index in [4.69, 9.17) is 4.74 Å². The summed E-state index contributed by atoms with van der Waals surface area (Å²) in [6.07, 6.45) is 7.02. The lowest BCUT2D eigenvalue weighted by atomic mass is 9.85. The van der Waals surface area contributed by atoms with Gasteiger partial charge < -0.3 is 4.74 Å². The zero-order chi connectivity index (χ0) is 11.5. The summed E-state index contributed by atoms with van der Waals surface area (Å²) in [5, 5.41) is 3.64. The average Bonchev–Trinajstić information content (AvgIpc) is 2.80. The third-order valence-corrected chi connectivity index (χ3v) is 4.12. The first-order valence-corrected chi connectivity index (χ1v) is 6.83. The van der Waals surface area contributed by atoms with E-state index < -0.39 is 0 Å². The van der Waals surface area contributed by atoms with Crippen LogP contribution in [-0.2, 0) is 11.3 Å². The highest BCUT2D eigenvalue weighted by Gasteiger charge is 2.35. The van der Waals surface area contributed by atoms with Gasteiger partial charge in [0.05, 0.1) is 6.61 Å². The minimum absolute atomic E-state index is 0.281. The average molecular weight is 231 g/mol. The molecule has 3 atom stereocenters. The molecule has 1 heterocycles. The Morgan fingerprint density at radius 3 is 2.76 bits per heavy atom. The summed E-state index contributed by atoms with van der Waals surface area (Å²) in [4.78, 5) is 0. The van der Waals surface area contributed by atoms with E-state index in [9.17, 15) is 0 Å². The molecule has 1 aromatic rings. The van der Waals surface area contributed by atoms with Crippen molar-refractivity contribution >= 4 is 0 Å². The van der Waals surface area contributed by atoms with E-state index in [1.165, 1.54) is 37.7 Å². The van der Waals surface area contributed by atoms with Crippen molar-refractivity contribution < 1.29 is 4.74 Å². The second kappa shape index (κ2) is 5.19. The fourth-order valence-electron chi connectivity index (χ4n) is 3.18. The molecule has 0 aromatic heterocycles.